The van der Waals surface area contributed by atoms with Crippen LogP contribution >= 0.6 is 15.9 Å². The molecule has 0 fully saturated rings. The average molecular weight is 384 g/mol. The fourth-order valence-electron chi connectivity index (χ4n) is 2.00. The molecule has 1 aromatic heterocycles. The Morgan fingerprint density at radius 3 is 2.91 bits per heavy atom. The zero-order chi connectivity index (χ0) is 16.8. The third kappa shape index (κ3) is 5.04. The highest BCUT2D eigenvalue weighted by atomic mass is 79.9. The first-order chi connectivity index (χ1) is 11.0. The molecule has 124 valence electrons. The van der Waals surface area contributed by atoms with Gasteiger partial charge >= 0.3 is 0 Å². The van der Waals surface area contributed by atoms with Gasteiger partial charge in [0.25, 0.3) is 0 Å². The van der Waals surface area contributed by atoms with Crippen molar-refractivity contribution in [2.75, 3.05) is 13.6 Å². The number of aryl methyl sites for hydroxylation is 1. The van der Waals surface area contributed by atoms with Crippen molar-refractivity contribution in [2.24, 2.45) is 12.0 Å². The molecule has 2 aromatic rings. The van der Waals surface area contributed by atoms with E-state index >= 15 is 0 Å². The van der Waals surface area contributed by atoms with Crippen LogP contribution in [-0.2, 0) is 13.6 Å². The summed E-state index contributed by atoms with van der Waals surface area (Å²) in [6, 6.07) is 4.51. The van der Waals surface area contributed by atoms with Gasteiger partial charge in [-0.05, 0) is 23.8 Å². The summed E-state index contributed by atoms with van der Waals surface area (Å²) in [5, 5.41) is 20.2. The van der Waals surface area contributed by atoms with E-state index in [1.807, 2.05) is 0 Å². The number of hydrogen-bond donors (Lipinski definition) is 3. The fourth-order valence-corrected chi connectivity index (χ4v) is 2.39. The van der Waals surface area contributed by atoms with E-state index in [0.29, 0.717) is 12.5 Å². The molecule has 6 nitrogen and oxygen atoms in total. The molecule has 1 atom stereocenters. The Morgan fingerprint density at radius 2 is 2.26 bits per heavy atom. The van der Waals surface area contributed by atoms with Crippen LogP contribution in [0.15, 0.2) is 40.1 Å². The second-order valence-electron chi connectivity index (χ2n) is 5.01. The highest BCUT2D eigenvalue weighted by Crippen LogP contribution is 2.17. The lowest BCUT2D eigenvalue weighted by Gasteiger charge is -2.15. The Labute approximate surface area is 142 Å². The predicted octanol–water partition coefficient (Wildman–Crippen LogP) is 1.72. The van der Waals surface area contributed by atoms with Crippen molar-refractivity contribution in [3.8, 4) is 0 Å². The summed E-state index contributed by atoms with van der Waals surface area (Å²) in [6.45, 7) is 0.691. The van der Waals surface area contributed by atoms with Crippen molar-refractivity contribution in [1.82, 2.24) is 20.4 Å². The normalized spacial score (nSPS) is 13.0. The summed E-state index contributed by atoms with van der Waals surface area (Å²) in [7, 11) is 3.42. The lowest BCUT2D eigenvalue weighted by Crippen LogP contribution is -2.39. The Morgan fingerprint density at radius 1 is 1.48 bits per heavy atom. The molecular formula is C15H19BrFN5O. The highest BCUT2D eigenvalue weighted by molar-refractivity contribution is 9.10. The number of aliphatic imine (C=N–C) groups is 1. The first-order valence-corrected chi connectivity index (χ1v) is 7.84. The molecule has 0 bridgehead atoms. The zero-order valence-electron chi connectivity index (χ0n) is 12.9. The van der Waals surface area contributed by atoms with Crippen LogP contribution in [0.5, 0.6) is 0 Å². The van der Waals surface area contributed by atoms with E-state index in [-0.39, 0.29) is 12.4 Å². The molecule has 0 aliphatic rings. The minimum Gasteiger partial charge on any atom is -0.386 e. The van der Waals surface area contributed by atoms with Gasteiger partial charge < -0.3 is 15.7 Å². The van der Waals surface area contributed by atoms with E-state index in [2.05, 4.69) is 36.7 Å². The molecule has 0 saturated carbocycles. The molecule has 0 amide bonds. The van der Waals surface area contributed by atoms with Gasteiger partial charge in [0, 0.05) is 43.4 Å². The van der Waals surface area contributed by atoms with Crippen LogP contribution in [0.3, 0.4) is 0 Å². The predicted molar refractivity (Wildman–Crippen MR) is 90.5 cm³/mol. The number of halogens is 2. The van der Waals surface area contributed by atoms with E-state index in [1.165, 1.54) is 12.1 Å². The van der Waals surface area contributed by atoms with Crippen molar-refractivity contribution in [3.05, 3.63) is 52.0 Å². The SMILES string of the molecule is CN=C(NCc1cc(F)ccc1Br)NCC(O)c1cnn(C)c1. The van der Waals surface area contributed by atoms with Gasteiger partial charge in [0.15, 0.2) is 5.96 Å². The third-order valence-electron chi connectivity index (χ3n) is 3.25. The van der Waals surface area contributed by atoms with Gasteiger partial charge in [-0.25, -0.2) is 4.39 Å². The molecule has 2 rings (SSSR count). The molecule has 0 aliphatic heterocycles. The van der Waals surface area contributed by atoms with Crippen molar-refractivity contribution in [3.63, 3.8) is 0 Å². The number of hydrogen-bond acceptors (Lipinski definition) is 3. The molecule has 0 aliphatic carbocycles. The van der Waals surface area contributed by atoms with E-state index in [4.69, 9.17) is 0 Å². The number of aromatic nitrogens is 2. The van der Waals surface area contributed by atoms with E-state index < -0.39 is 6.10 Å². The van der Waals surface area contributed by atoms with Crippen LogP contribution in [0.4, 0.5) is 4.39 Å². The van der Waals surface area contributed by atoms with Crippen LogP contribution in [0, 0.1) is 5.82 Å². The minimum atomic E-state index is -0.692. The van der Waals surface area contributed by atoms with Gasteiger partial charge in [-0.15, -0.1) is 0 Å². The zero-order valence-corrected chi connectivity index (χ0v) is 14.5. The van der Waals surface area contributed by atoms with Crippen LogP contribution < -0.4 is 10.6 Å². The van der Waals surface area contributed by atoms with E-state index in [1.54, 1.807) is 37.2 Å². The Bertz CT molecular complexity index is 688. The van der Waals surface area contributed by atoms with Crippen molar-refractivity contribution in [2.45, 2.75) is 12.6 Å². The van der Waals surface area contributed by atoms with Gasteiger partial charge in [0.05, 0.1) is 12.3 Å². The number of rotatable bonds is 5. The van der Waals surface area contributed by atoms with Gasteiger partial charge in [-0.3, -0.25) is 9.67 Å². The number of nitrogens with one attached hydrogen (secondary N) is 2. The minimum absolute atomic E-state index is 0.287. The lowest BCUT2D eigenvalue weighted by atomic mass is 10.2. The topological polar surface area (TPSA) is 74.5 Å². The first kappa shape index (κ1) is 17.4. The largest absolute Gasteiger partial charge is 0.386 e. The second kappa shape index (κ2) is 8.07. The Kier molecular flexibility index (Phi) is 6.12. The van der Waals surface area contributed by atoms with Crippen molar-refractivity contribution in [1.29, 1.82) is 0 Å². The number of benzene rings is 1. The average Bonchev–Trinajstić information content (AvgIpc) is 2.97. The Balaban J connectivity index is 1.87. The Hall–Kier alpha value is -1.93. The number of aliphatic hydroxyl groups excluding tert-OH is 1. The summed E-state index contributed by atoms with van der Waals surface area (Å²) >= 11 is 3.38. The molecular weight excluding hydrogens is 365 g/mol. The molecule has 1 aromatic carbocycles. The lowest BCUT2D eigenvalue weighted by molar-refractivity contribution is 0.180. The highest BCUT2D eigenvalue weighted by Gasteiger charge is 2.10. The second-order valence-corrected chi connectivity index (χ2v) is 5.86. The molecule has 1 unspecified atom stereocenters. The molecule has 0 saturated heterocycles. The molecule has 1 heterocycles. The monoisotopic (exact) mass is 383 g/mol. The van der Waals surface area contributed by atoms with Crippen LogP contribution in [0.1, 0.15) is 17.2 Å². The number of guanidine groups is 1. The van der Waals surface area contributed by atoms with Crippen LogP contribution in [0.2, 0.25) is 0 Å². The van der Waals surface area contributed by atoms with Gasteiger partial charge in [-0.1, -0.05) is 15.9 Å². The number of aliphatic hydroxyl groups is 1. The fraction of sp³-hybridized carbons (Fsp3) is 0.333. The van der Waals surface area contributed by atoms with Gasteiger partial charge in [0.1, 0.15) is 5.82 Å². The summed E-state index contributed by atoms with van der Waals surface area (Å²) in [6.07, 6.45) is 2.68. The van der Waals surface area contributed by atoms with Gasteiger partial charge in [-0.2, -0.15) is 5.10 Å². The van der Waals surface area contributed by atoms with Crippen molar-refractivity contribution < 1.29 is 9.50 Å². The standard InChI is InChI=1S/C15H19BrFN5O/c1-18-15(19-6-10-5-12(17)3-4-13(10)16)20-8-14(23)11-7-21-22(2)9-11/h3-5,7,9,14,23H,6,8H2,1-2H3,(H2,18,19,20). The first-order valence-electron chi connectivity index (χ1n) is 7.04. The quantitative estimate of drug-likeness (QED) is 0.542. The molecule has 0 spiro atoms. The maximum Gasteiger partial charge on any atom is 0.191 e. The van der Waals surface area contributed by atoms with E-state index in [9.17, 15) is 9.50 Å². The summed E-state index contributed by atoms with van der Waals surface area (Å²) in [4.78, 5) is 4.08. The molecule has 8 heteroatoms. The van der Waals surface area contributed by atoms with E-state index in [0.717, 1.165) is 15.6 Å². The molecule has 3 N–H and O–H groups in total. The van der Waals surface area contributed by atoms with Crippen LogP contribution in [0.25, 0.3) is 0 Å². The molecule has 23 heavy (non-hydrogen) atoms. The maximum atomic E-state index is 13.3. The summed E-state index contributed by atoms with van der Waals surface area (Å²) in [5.41, 5.74) is 1.50. The van der Waals surface area contributed by atoms with Crippen LogP contribution in [-0.4, -0.2) is 34.4 Å². The number of nitrogens with zero attached hydrogens (tertiary/aromatic N) is 3. The summed E-state index contributed by atoms with van der Waals surface area (Å²) in [5.74, 6) is 0.226. The van der Waals surface area contributed by atoms with Gasteiger partial charge in [0.2, 0.25) is 0 Å². The summed E-state index contributed by atoms with van der Waals surface area (Å²) < 4.78 is 15.7. The molecule has 0 radical (unpaired) electrons. The van der Waals surface area contributed by atoms with Crippen molar-refractivity contribution >= 4 is 21.9 Å². The third-order valence-corrected chi connectivity index (χ3v) is 4.02. The smallest absolute Gasteiger partial charge is 0.191 e. The maximum absolute atomic E-state index is 13.3.